The molecule has 0 amide bonds. The monoisotopic (exact) mass is 646 g/mol. The largest absolute Gasteiger partial charge is 0.462 e. The molecule has 0 saturated carbocycles. The highest BCUT2D eigenvalue weighted by Gasteiger charge is 2.55. The molecule has 1 aliphatic heterocycles. The minimum atomic E-state index is -1.34. The molecule has 1 N–H and O–H groups in total. The summed E-state index contributed by atoms with van der Waals surface area (Å²) in [4.78, 5) is 57.4. The van der Waals surface area contributed by atoms with Gasteiger partial charge >= 0.3 is 23.9 Å². The predicted molar refractivity (Wildman–Crippen MR) is 172 cm³/mol. The second-order valence-electron chi connectivity index (χ2n) is 15.8. The summed E-state index contributed by atoms with van der Waals surface area (Å²) in [5, 5.41) is 3.39. The highest BCUT2D eigenvalue weighted by molar-refractivity contribution is 5.78. The fourth-order valence-electron chi connectivity index (χ4n) is 4.11. The van der Waals surface area contributed by atoms with Crippen molar-refractivity contribution in [3.8, 4) is 0 Å². The van der Waals surface area contributed by atoms with Gasteiger partial charge in [-0.05, 0) is 101 Å². The molecule has 1 fully saturated rings. The first kappa shape index (κ1) is 38.9. The van der Waals surface area contributed by atoms with Crippen LogP contribution in [0, 0.1) is 21.7 Å². The van der Waals surface area contributed by atoms with E-state index in [4.69, 9.17) is 23.7 Å². The van der Waals surface area contributed by atoms with Crippen molar-refractivity contribution in [2.45, 2.75) is 126 Å². The van der Waals surface area contributed by atoms with Gasteiger partial charge < -0.3 is 23.7 Å². The predicted octanol–water partition coefficient (Wildman–Crippen LogP) is 5.48. The third-order valence-corrected chi connectivity index (χ3v) is 7.05. The van der Waals surface area contributed by atoms with Gasteiger partial charge in [0, 0.05) is 18.4 Å². The van der Waals surface area contributed by atoms with Gasteiger partial charge in [-0.1, -0.05) is 12.1 Å². The van der Waals surface area contributed by atoms with E-state index in [1.165, 1.54) is 0 Å². The third kappa shape index (κ3) is 10.9. The van der Waals surface area contributed by atoms with Gasteiger partial charge in [0.25, 0.3) is 0 Å². The first-order valence-corrected chi connectivity index (χ1v) is 15.7. The lowest BCUT2D eigenvalue weighted by molar-refractivity contribution is -0.266. The lowest BCUT2D eigenvalue weighted by Crippen LogP contribution is -2.66. The van der Waals surface area contributed by atoms with Gasteiger partial charge in [-0.25, -0.2) is 0 Å². The Bertz CT molecular complexity index is 1220. The van der Waals surface area contributed by atoms with Crippen molar-refractivity contribution in [3.63, 3.8) is 0 Å². The van der Waals surface area contributed by atoms with Gasteiger partial charge in [-0.2, -0.15) is 0 Å². The SMILES string of the molecule is C=CC[C@H](N[C@@H]1O[C@H](COC(=O)C(C)(C)C)[C@H](OC(=O)C(C)(C)C)[C@H](OC(=O)C(C)(C)C)[C@H]1OC(=O)C(C)(C)C)c1cccnc1. The number of nitrogens with zero attached hydrogens (tertiary/aromatic N) is 1. The fraction of sp³-hybridized carbons (Fsp3) is 0.686. The molecule has 2 heterocycles. The van der Waals surface area contributed by atoms with Crippen LogP contribution < -0.4 is 5.32 Å². The average molecular weight is 647 g/mol. The van der Waals surface area contributed by atoms with Crippen LogP contribution in [-0.2, 0) is 42.9 Å². The second kappa shape index (κ2) is 15.1. The quantitative estimate of drug-likeness (QED) is 0.196. The van der Waals surface area contributed by atoms with Crippen molar-refractivity contribution in [2.24, 2.45) is 21.7 Å². The number of carbonyl (C=O) groups excluding carboxylic acids is 4. The first-order chi connectivity index (χ1) is 21.0. The molecule has 0 spiro atoms. The summed E-state index contributed by atoms with van der Waals surface area (Å²) in [6, 6.07) is 3.25. The molecular formula is C35H54N2O9. The summed E-state index contributed by atoms with van der Waals surface area (Å²) in [5.41, 5.74) is -2.89. The van der Waals surface area contributed by atoms with Gasteiger partial charge in [0.05, 0.1) is 21.7 Å². The van der Waals surface area contributed by atoms with Crippen LogP contribution >= 0.6 is 0 Å². The minimum Gasteiger partial charge on any atom is -0.462 e. The zero-order valence-electron chi connectivity index (χ0n) is 29.6. The summed E-state index contributed by atoms with van der Waals surface area (Å²) >= 11 is 0. The zero-order valence-corrected chi connectivity index (χ0v) is 29.6. The van der Waals surface area contributed by atoms with E-state index < -0.39 is 82.2 Å². The molecule has 11 nitrogen and oxygen atoms in total. The number of hydrogen-bond donors (Lipinski definition) is 1. The summed E-state index contributed by atoms with van der Waals surface area (Å²) in [7, 11) is 0. The number of pyridine rings is 1. The molecule has 11 heteroatoms. The van der Waals surface area contributed by atoms with Crippen LogP contribution in [0.5, 0.6) is 0 Å². The van der Waals surface area contributed by atoms with Crippen molar-refractivity contribution in [1.29, 1.82) is 0 Å². The van der Waals surface area contributed by atoms with Crippen LogP contribution in [-0.4, -0.2) is 66.1 Å². The summed E-state index contributed by atoms with van der Waals surface area (Å²) < 4.78 is 30.4. The highest BCUT2D eigenvalue weighted by Crippen LogP contribution is 2.34. The molecule has 1 aromatic heterocycles. The van der Waals surface area contributed by atoms with E-state index in [0.717, 1.165) is 5.56 Å². The molecule has 2 rings (SSSR count). The van der Waals surface area contributed by atoms with Gasteiger partial charge in [-0.15, -0.1) is 6.58 Å². The summed E-state index contributed by atoms with van der Waals surface area (Å²) in [6.45, 7) is 23.8. The van der Waals surface area contributed by atoms with Crippen LogP contribution in [0.4, 0.5) is 0 Å². The van der Waals surface area contributed by atoms with Gasteiger partial charge in [0.15, 0.2) is 24.5 Å². The molecule has 0 unspecified atom stereocenters. The Labute approximate surface area is 274 Å². The Morgan fingerprint density at radius 3 is 1.72 bits per heavy atom. The van der Waals surface area contributed by atoms with Gasteiger partial charge in [0.2, 0.25) is 0 Å². The number of ether oxygens (including phenoxy) is 5. The molecule has 0 aromatic carbocycles. The smallest absolute Gasteiger partial charge is 0.311 e. The number of carbonyl (C=O) groups is 4. The second-order valence-corrected chi connectivity index (χ2v) is 15.8. The average Bonchev–Trinajstić information content (AvgIpc) is 2.92. The van der Waals surface area contributed by atoms with Crippen LogP contribution in [0.25, 0.3) is 0 Å². The lowest BCUT2D eigenvalue weighted by atomic mass is 9.92. The van der Waals surface area contributed by atoms with Gasteiger partial charge in [-0.3, -0.25) is 29.5 Å². The van der Waals surface area contributed by atoms with Crippen LogP contribution in [0.1, 0.15) is 101 Å². The molecule has 6 atom stereocenters. The van der Waals surface area contributed by atoms with Crippen molar-refractivity contribution < 1.29 is 42.9 Å². The van der Waals surface area contributed by atoms with Crippen LogP contribution in [0.2, 0.25) is 0 Å². The molecule has 1 saturated heterocycles. The number of nitrogens with one attached hydrogen (secondary N) is 1. The van der Waals surface area contributed by atoms with E-state index in [9.17, 15) is 19.2 Å². The Kier molecular flexibility index (Phi) is 12.7. The Balaban J connectivity index is 2.76. The summed E-state index contributed by atoms with van der Waals surface area (Å²) in [6.07, 6.45) is -0.669. The van der Waals surface area contributed by atoms with E-state index >= 15 is 0 Å². The first-order valence-electron chi connectivity index (χ1n) is 15.7. The maximum Gasteiger partial charge on any atom is 0.311 e. The van der Waals surface area contributed by atoms with E-state index in [-0.39, 0.29) is 6.61 Å². The van der Waals surface area contributed by atoms with Crippen LogP contribution in [0.15, 0.2) is 37.2 Å². The van der Waals surface area contributed by atoms with E-state index in [0.29, 0.717) is 6.42 Å². The van der Waals surface area contributed by atoms with E-state index in [1.54, 1.807) is 108 Å². The highest BCUT2D eigenvalue weighted by atomic mass is 16.7. The Morgan fingerprint density at radius 1 is 0.804 bits per heavy atom. The Hall–Kier alpha value is -3.31. The number of aromatic nitrogens is 1. The molecule has 1 aromatic rings. The minimum absolute atomic E-state index is 0.334. The Morgan fingerprint density at radius 2 is 1.28 bits per heavy atom. The van der Waals surface area contributed by atoms with Gasteiger partial charge in [0.1, 0.15) is 12.7 Å². The zero-order chi connectivity index (χ0) is 35.3. The van der Waals surface area contributed by atoms with Crippen molar-refractivity contribution >= 4 is 23.9 Å². The molecular weight excluding hydrogens is 592 g/mol. The third-order valence-electron chi connectivity index (χ3n) is 7.05. The number of hydrogen-bond acceptors (Lipinski definition) is 11. The lowest BCUT2D eigenvalue weighted by Gasteiger charge is -2.47. The molecule has 258 valence electrons. The normalized spacial score (nSPS) is 23.1. The maximum atomic E-state index is 13.5. The molecule has 1 aliphatic rings. The van der Waals surface area contributed by atoms with E-state index in [1.807, 2.05) is 6.07 Å². The van der Waals surface area contributed by atoms with E-state index in [2.05, 4.69) is 16.9 Å². The molecule has 0 aliphatic carbocycles. The molecule has 46 heavy (non-hydrogen) atoms. The van der Waals surface area contributed by atoms with Crippen molar-refractivity contribution in [3.05, 3.63) is 42.7 Å². The number of rotatable bonds is 10. The molecule has 0 bridgehead atoms. The van der Waals surface area contributed by atoms with Crippen LogP contribution in [0.3, 0.4) is 0 Å². The maximum absolute atomic E-state index is 13.5. The molecule has 0 radical (unpaired) electrons. The summed E-state index contributed by atoms with van der Waals surface area (Å²) in [5.74, 6) is -2.33. The fourth-order valence-corrected chi connectivity index (χ4v) is 4.11. The van der Waals surface area contributed by atoms with Crippen molar-refractivity contribution in [1.82, 2.24) is 10.3 Å². The van der Waals surface area contributed by atoms with Crippen molar-refractivity contribution in [2.75, 3.05) is 6.61 Å². The standard InChI is InChI=1S/C35H54N2O9/c1-14-16-22(21-17-15-18-36-19-21)37-27-26(46-31(41)35(11,12)13)25(45-30(40)34(8,9)10)24(44-29(39)33(5,6)7)23(43-27)20-42-28(38)32(2,3)4/h14-15,17-19,22-27,37H,1,16,20H2,2-13H3/t22-,23+,24-,25-,26+,27+/m0/s1. The number of esters is 4. The topological polar surface area (TPSA) is 139 Å².